The van der Waals surface area contributed by atoms with Crippen molar-refractivity contribution >= 4 is 22.0 Å². The highest BCUT2D eigenvalue weighted by atomic mass is 19.4. The first kappa shape index (κ1) is 36.9. The number of benzene rings is 5. The van der Waals surface area contributed by atoms with Crippen molar-refractivity contribution in [3.63, 3.8) is 0 Å². The molecule has 7 rings (SSSR count). The molecule has 0 saturated heterocycles. The molecule has 7 aromatic rings. The minimum Gasteiger partial charge on any atom is -0.507 e. The van der Waals surface area contributed by atoms with Gasteiger partial charge < -0.3 is 9.52 Å². The van der Waals surface area contributed by atoms with Gasteiger partial charge in [0.2, 0.25) is 5.89 Å². The summed E-state index contributed by atoms with van der Waals surface area (Å²) >= 11 is 0. The van der Waals surface area contributed by atoms with Crippen molar-refractivity contribution in [3.8, 4) is 50.6 Å². The third-order valence-electron chi connectivity index (χ3n) is 10.5. The van der Waals surface area contributed by atoms with Gasteiger partial charge in [0.15, 0.2) is 5.58 Å². The van der Waals surface area contributed by atoms with E-state index in [-0.39, 0.29) is 17.1 Å². The summed E-state index contributed by atoms with van der Waals surface area (Å²) in [4.78, 5) is 9.85. The molecule has 0 fully saturated rings. The highest BCUT2D eigenvalue weighted by Crippen LogP contribution is 2.43. The predicted octanol–water partition coefficient (Wildman–Crippen LogP) is 13.8. The number of phenolic OH excluding ortho intramolecular Hbond substituents is 1. The molecule has 0 spiro atoms. The van der Waals surface area contributed by atoms with Crippen molar-refractivity contribution in [2.45, 2.75) is 72.9 Å². The number of fused-ring (bicyclic) bond motifs is 2. The molecule has 0 saturated carbocycles. The lowest BCUT2D eigenvalue weighted by atomic mass is 9.78. The minimum absolute atomic E-state index is 0.0386. The Bertz CT molecular complexity index is 2500. The fourth-order valence-corrected chi connectivity index (χ4v) is 7.77. The van der Waals surface area contributed by atoms with Gasteiger partial charge in [0.25, 0.3) is 0 Å². The smallest absolute Gasteiger partial charge is 0.416 e. The van der Waals surface area contributed by atoms with Gasteiger partial charge in [0.05, 0.1) is 16.6 Å². The number of phenols is 1. The summed E-state index contributed by atoms with van der Waals surface area (Å²) in [5.74, 6) is 1.51. The highest BCUT2D eigenvalue weighted by molar-refractivity contribution is 6.00. The minimum atomic E-state index is -4.45. The second-order valence-corrected chi connectivity index (χ2v) is 16.1. The third-order valence-corrected chi connectivity index (χ3v) is 10.5. The molecule has 5 aromatic carbocycles. The first-order chi connectivity index (χ1) is 25.5. The van der Waals surface area contributed by atoms with Crippen LogP contribution in [0.15, 0.2) is 108 Å². The van der Waals surface area contributed by atoms with Gasteiger partial charge in [-0.25, -0.2) is 4.98 Å². The van der Waals surface area contributed by atoms with Crippen LogP contribution in [0.2, 0.25) is 0 Å². The number of nitrogens with zero attached hydrogens (tertiary/aromatic N) is 2. The molecule has 0 aliphatic carbocycles. The number of pyridine rings is 1. The number of alkyl halides is 3. The molecule has 0 atom stereocenters. The van der Waals surface area contributed by atoms with Crippen molar-refractivity contribution in [1.29, 1.82) is 0 Å². The van der Waals surface area contributed by atoms with Gasteiger partial charge in [-0.15, -0.1) is 0 Å². The first-order valence-corrected chi connectivity index (χ1v) is 18.5. The molecule has 0 aliphatic rings. The summed E-state index contributed by atoms with van der Waals surface area (Å²) in [7, 11) is 0. The lowest BCUT2D eigenvalue weighted by Crippen LogP contribution is -2.13. The van der Waals surface area contributed by atoms with Crippen molar-refractivity contribution < 1.29 is 22.7 Å². The van der Waals surface area contributed by atoms with Crippen LogP contribution in [0.4, 0.5) is 13.2 Å². The van der Waals surface area contributed by atoms with Crippen LogP contribution in [0.25, 0.3) is 66.8 Å². The molecule has 0 radical (unpaired) electrons. The number of aromatic nitrogens is 2. The molecule has 276 valence electrons. The monoisotopic (exact) mass is 726 g/mol. The molecule has 0 unspecified atom stereocenters. The predicted molar refractivity (Wildman–Crippen MR) is 214 cm³/mol. The maximum atomic E-state index is 13.5. The molecular weight excluding hydrogens is 682 g/mol. The Kier molecular flexibility index (Phi) is 9.41. The van der Waals surface area contributed by atoms with Crippen LogP contribution in [0.1, 0.15) is 76.6 Å². The van der Waals surface area contributed by atoms with Crippen LogP contribution in [-0.2, 0) is 11.6 Å². The largest absolute Gasteiger partial charge is 0.507 e. The van der Waals surface area contributed by atoms with Gasteiger partial charge >= 0.3 is 6.18 Å². The Morgan fingerprint density at radius 3 is 1.93 bits per heavy atom. The molecule has 54 heavy (non-hydrogen) atoms. The molecule has 1 N–H and O–H groups in total. The number of aryl methyl sites for hydroxylation is 1. The summed E-state index contributed by atoms with van der Waals surface area (Å²) < 4.78 is 47.0. The third kappa shape index (κ3) is 7.00. The second kappa shape index (κ2) is 13.8. The van der Waals surface area contributed by atoms with Crippen LogP contribution < -0.4 is 0 Å². The Labute approximate surface area is 314 Å². The zero-order valence-corrected chi connectivity index (χ0v) is 31.9. The van der Waals surface area contributed by atoms with Crippen molar-refractivity contribution in [2.24, 2.45) is 11.8 Å². The summed E-state index contributed by atoms with van der Waals surface area (Å²) in [5.41, 5.74) is 9.83. The van der Waals surface area contributed by atoms with E-state index < -0.39 is 11.7 Å². The quantitative estimate of drug-likeness (QED) is 0.178. The number of rotatable bonds is 7. The maximum absolute atomic E-state index is 13.5. The van der Waals surface area contributed by atoms with Gasteiger partial charge in [0.1, 0.15) is 11.3 Å². The highest BCUT2D eigenvalue weighted by Gasteiger charge is 2.30. The van der Waals surface area contributed by atoms with E-state index >= 15 is 0 Å². The van der Waals surface area contributed by atoms with Crippen LogP contribution in [-0.4, -0.2) is 15.1 Å². The molecule has 0 bridgehead atoms. The normalized spacial score (nSPS) is 12.6. The molecule has 0 aliphatic heterocycles. The van der Waals surface area contributed by atoms with Crippen LogP contribution >= 0.6 is 0 Å². The van der Waals surface area contributed by atoms with Gasteiger partial charge in [-0.2, -0.15) is 13.2 Å². The van der Waals surface area contributed by atoms with Crippen molar-refractivity contribution in [1.82, 2.24) is 9.97 Å². The van der Waals surface area contributed by atoms with Crippen LogP contribution in [0, 0.1) is 18.8 Å². The Hall–Kier alpha value is -5.43. The Morgan fingerprint density at radius 1 is 0.648 bits per heavy atom. The summed E-state index contributed by atoms with van der Waals surface area (Å²) in [5, 5.41) is 12.1. The van der Waals surface area contributed by atoms with E-state index in [1.54, 1.807) is 12.1 Å². The lowest BCUT2D eigenvalue weighted by Gasteiger charge is -2.27. The van der Waals surface area contributed by atoms with E-state index in [1.165, 1.54) is 17.7 Å². The summed E-state index contributed by atoms with van der Waals surface area (Å²) in [6.07, 6.45) is -2.60. The number of aromatic hydroxyl groups is 1. The number of oxazole rings is 1. The first-order valence-electron chi connectivity index (χ1n) is 18.5. The van der Waals surface area contributed by atoms with Crippen molar-refractivity contribution in [2.75, 3.05) is 0 Å². The molecule has 4 nitrogen and oxygen atoms in total. The van der Waals surface area contributed by atoms with E-state index in [4.69, 9.17) is 14.4 Å². The number of hydrogen-bond acceptors (Lipinski definition) is 4. The molecule has 2 aromatic heterocycles. The van der Waals surface area contributed by atoms with Crippen molar-refractivity contribution in [3.05, 3.63) is 126 Å². The van der Waals surface area contributed by atoms with E-state index in [1.807, 2.05) is 42.6 Å². The van der Waals surface area contributed by atoms with Gasteiger partial charge in [-0.1, -0.05) is 84.9 Å². The number of halogens is 3. The topological polar surface area (TPSA) is 59.2 Å². The molecule has 7 heteroatoms. The zero-order valence-electron chi connectivity index (χ0n) is 31.9. The summed E-state index contributed by atoms with van der Waals surface area (Å²) in [6, 6.07) is 29.2. The zero-order chi connectivity index (χ0) is 38.7. The van der Waals surface area contributed by atoms with Crippen LogP contribution in [0.3, 0.4) is 0 Å². The Balaban J connectivity index is 1.45. The van der Waals surface area contributed by atoms with Gasteiger partial charge in [0, 0.05) is 22.7 Å². The lowest BCUT2D eigenvalue weighted by molar-refractivity contribution is -0.137. The second-order valence-electron chi connectivity index (χ2n) is 16.1. The fraction of sp³-hybridized carbons (Fsp3) is 0.277. The Morgan fingerprint density at radius 2 is 1.30 bits per heavy atom. The van der Waals surface area contributed by atoms with Gasteiger partial charge in [-0.05, 0) is 130 Å². The fourth-order valence-electron chi connectivity index (χ4n) is 7.77. The van der Waals surface area contributed by atoms with Crippen LogP contribution in [0.5, 0.6) is 5.75 Å². The average Bonchev–Trinajstić information content (AvgIpc) is 3.54. The average molecular weight is 727 g/mol. The maximum Gasteiger partial charge on any atom is 0.416 e. The summed E-state index contributed by atoms with van der Waals surface area (Å²) in [6.45, 7) is 17.5. The molecule has 0 amide bonds. The molecular formula is C47H45F3N2O2. The molecule has 2 heterocycles. The van der Waals surface area contributed by atoms with Gasteiger partial charge in [-0.3, -0.25) is 4.98 Å². The van der Waals surface area contributed by atoms with E-state index in [0.29, 0.717) is 45.5 Å². The van der Waals surface area contributed by atoms with E-state index in [0.717, 1.165) is 56.4 Å². The van der Waals surface area contributed by atoms with E-state index in [9.17, 15) is 18.3 Å². The van der Waals surface area contributed by atoms with E-state index in [2.05, 4.69) is 79.7 Å². The number of hydrogen-bond donors (Lipinski definition) is 1. The standard InChI is InChI=1S/C47H45F3N2O2/c1-26(2)42(27(3)4)33-22-36-28(5)18-19-51-43(36)37(23-33)30-10-9-11-31(20-30)38-21-32(29-12-14-34(15-13-29)47(48,49)50)24-41-44(38)52-45(54-41)39-25-35(46(6,7)8)16-17-40(39)53/h9-27,42,53H,1-8H3. The SMILES string of the molecule is Cc1ccnc2c(-c3cccc(-c4cc(-c5ccc(C(F)(F)F)cc5)cc5oc(-c6cc(C(C)(C)C)ccc6O)nc45)c3)cc(C(C(C)C)C(C)C)cc12.